The summed E-state index contributed by atoms with van der Waals surface area (Å²) in [7, 11) is -3.77. The molecule has 0 spiro atoms. The third-order valence-electron chi connectivity index (χ3n) is 7.25. The maximum atomic E-state index is 13.6. The normalized spacial score (nSPS) is 12.2. The Labute approximate surface area is 280 Å². The van der Waals surface area contributed by atoms with Gasteiger partial charge in [0, 0.05) is 26.4 Å². The summed E-state index contributed by atoms with van der Waals surface area (Å²) in [5.41, 5.74) is 2.03. The van der Waals surface area contributed by atoms with Crippen molar-refractivity contribution in [2.45, 2.75) is 52.4 Å². The number of carbonyl (C=O) groups is 1. The zero-order valence-corrected chi connectivity index (χ0v) is 29.5. The number of nitriles is 1. The molecule has 0 saturated heterocycles. The highest BCUT2D eigenvalue weighted by molar-refractivity contribution is 7.92. The molecule has 12 nitrogen and oxygen atoms in total. The number of esters is 1. The highest BCUT2D eigenvalue weighted by atomic mass is 32.2. The van der Waals surface area contributed by atoms with E-state index in [1.165, 1.54) is 37.0 Å². The summed E-state index contributed by atoms with van der Waals surface area (Å²) in [6.45, 7) is 10.5. The van der Waals surface area contributed by atoms with Gasteiger partial charge in [-0.25, -0.2) is 27.3 Å². The first-order valence-electron chi connectivity index (χ1n) is 15.2. The summed E-state index contributed by atoms with van der Waals surface area (Å²) < 4.78 is 59.7. The number of anilines is 3. The minimum Gasteiger partial charge on any atom is -0.484 e. The number of ether oxygens (including phenoxy) is 3. The average Bonchev–Trinajstić information content (AvgIpc) is 3.40. The van der Waals surface area contributed by atoms with Crippen LogP contribution in [0.2, 0.25) is 25.7 Å². The predicted octanol–water partition coefficient (Wildman–Crippen LogP) is 6.70. The second-order valence-corrected chi connectivity index (χ2v) is 19.7. The standard InChI is InChI=1S/C33H39FN6O6SSi/c1-7-47(42,43)39-28-14-10-24(18-29(28)46-22(2)23-8-12-26(34)13-9-23)31-27(19-35)32(40(38-31)21-45-16-17-48(4,5)6)37-30-15-11-25(20-36-30)33(41)44-3/h8-15,18,20,22,39H,7,16-17,21H2,1-6H3,(H,36,37). The number of hydrogen-bond donors (Lipinski definition) is 2. The monoisotopic (exact) mass is 694 g/mol. The molecule has 0 bridgehead atoms. The van der Waals surface area contributed by atoms with Crippen molar-refractivity contribution < 1.29 is 31.8 Å². The van der Waals surface area contributed by atoms with Crippen LogP contribution in [-0.2, 0) is 26.2 Å². The fourth-order valence-corrected chi connectivity index (χ4v) is 5.84. The molecular weight excluding hydrogens is 656 g/mol. The van der Waals surface area contributed by atoms with Gasteiger partial charge in [0.25, 0.3) is 0 Å². The fraction of sp³-hybridized carbons (Fsp3) is 0.333. The van der Waals surface area contributed by atoms with Crippen LogP contribution in [0.4, 0.5) is 21.7 Å². The number of aromatic nitrogens is 3. The van der Waals surface area contributed by atoms with Crippen LogP contribution in [0.1, 0.15) is 41.4 Å². The molecule has 2 aromatic heterocycles. The molecule has 15 heteroatoms. The van der Waals surface area contributed by atoms with Gasteiger partial charge in [-0.3, -0.25) is 4.72 Å². The van der Waals surface area contributed by atoms with Gasteiger partial charge in [0.05, 0.1) is 24.1 Å². The number of carbonyl (C=O) groups excluding carboxylic acids is 1. The van der Waals surface area contributed by atoms with Gasteiger partial charge in [0.15, 0.2) is 5.82 Å². The number of hydrogen-bond acceptors (Lipinski definition) is 10. The van der Waals surface area contributed by atoms with Crippen molar-refractivity contribution in [1.29, 1.82) is 5.26 Å². The van der Waals surface area contributed by atoms with Crippen molar-refractivity contribution in [2.75, 3.05) is 29.5 Å². The molecule has 0 amide bonds. The Kier molecular flexibility index (Phi) is 11.6. The van der Waals surface area contributed by atoms with Crippen LogP contribution in [0.5, 0.6) is 5.75 Å². The number of pyridine rings is 1. The van der Waals surface area contributed by atoms with E-state index in [-0.39, 0.29) is 40.7 Å². The van der Waals surface area contributed by atoms with E-state index in [4.69, 9.17) is 19.3 Å². The summed E-state index contributed by atoms with van der Waals surface area (Å²) in [6.07, 6.45) is 0.767. The zero-order valence-electron chi connectivity index (χ0n) is 27.7. The minimum absolute atomic E-state index is 0.0288. The molecule has 48 heavy (non-hydrogen) atoms. The minimum atomic E-state index is -3.67. The molecular formula is C33H39FN6O6SSi. The van der Waals surface area contributed by atoms with E-state index in [0.717, 1.165) is 6.04 Å². The van der Waals surface area contributed by atoms with Crippen LogP contribution in [0, 0.1) is 17.1 Å². The first-order chi connectivity index (χ1) is 22.7. The molecule has 2 aromatic carbocycles. The van der Waals surface area contributed by atoms with Crippen molar-refractivity contribution in [1.82, 2.24) is 14.8 Å². The molecule has 0 saturated carbocycles. The van der Waals surface area contributed by atoms with Gasteiger partial charge in [-0.2, -0.15) is 10.4 Å². The quantitative estimate of drug-likeness (QED) is 0.0780. The lowest BCUT2D eigenvalue weighted by Crippen LogP contribution is -2.22. The number of halogens is 1. The molecule has 0 radical (unpaired) electrons. The topological polar surface area (TPSA) is 157 Å². The summed E-state index contributed by atoms with van der Waals surface area (Å²) in [6, 6.07) is 16.8. The van der Waals surface area contributed by atoms with E-state index in [2.05, 4.69) is 40.7 Å². The summed E-state index contributed by atoms with van der Waals surface area (Å²) in [4.78, 5) is 16.2. The van der Waals surface area contributed by atoms with Gasteiger partial charge in [0.1, 0.15) is 47.5 Å². The smallest absolute Gasteiger partial charge is 0.339 e. The Hall–Kier alpha value is -4.78. The third-order valence-corrected chi connectivity index (χ3v) is 10.2. The Balaban J connectivity index is 1.77. The van der Waals surface area contributed by atoms with Gasteiger partial charge in [-0.1, -0.05) is 37.8 Å². The second kappa shape index (κ2) is 15.4. The third kappa shape index (κ3) is 9.40. The maximum absolute atomic E-state index is 13.6. The van der Waals surface area contributed by atoms with E-state index in [1.54, 1.807) is 49.4 Å². The van der Waals surface area contributed by atoms with Crippen molar-refractivity contribution in [3.8, 4) is 23.1 Å². The van der Waals surface area contributed by atoms with E-state index in [0.29, 0.717) is 29.4 Å². The number of sulfonamides is 1. The second-order valence-electron chi connectivity index (χ2n) is 12.1. The van der Waals surface area contributed by atoms with E-state index in [1.807, 2.05) is 0 Å². The SMILES string of the molecule is CCS(=O)(=O)Nc1ccc(-c2nn(COCC[Si](C)(C)C)c(Nc3ccc(C(=O)OC)cn3)c2C#N)cc1OC(C)c1ccc(F)cc1. The number of nitrogens with zero attached hydrogens (tertiary/aromatic N) is 4. The zero-order chi connectivity index (χ0) is 35.1. The molecule has 4 aromatic rings. The number of rotatable bonds is 15. The van der Waals surface area contributed by atoms with E-state index >= 15 is 0 Å². The van der Waals surface area contributed by atoms with Gasteiger partial charge >= 0.3 is 5.97 Å². The fourth-order valence-electron chi connectivity index (χ4n) is 4.43. The van der Waals surface area contributed by atoms with Crippen molar-refractivity contribution in [3.63, 3.8) is 0 Å². The molecule has 254 valence electrons. The number of benzene rings is 2. The Morgan fingerprint density at radius 2 is 1.85 bits per heavy atom. The Bertz CT molecular complexity index is 1890. The molecule has 2 heterocycles. The number of nitrogens with one attached hydrogen (secondary N) is 2. The summed E-state index contributed by atoms with van der Waals surface area (Å²) in [5, 5.41) is 18.3. The van der Waals surface area contributed by atoms with Crippen LogP contribution < -0.4 is 14.8 Å². The van der Waals surface area contributed by atoms with Gasteiger partial charge in [0.2, 0.25) is 10.0 Å². The van der Waals surface area contributed by atoms with Gasteiger partial charge in [-0.05, 0) is 61.9 Å². The predicted molar refractivity (Wildman–Crippen MR) is 184 cm³/mol. The first kappa shape index (κ1) is 36.1. The summed E-state index contributed by atoms with van der Waals surface area (Å²) >= 11 is 0. The average molecular weight is 695 g/mol. The van der Waals surface area contributed by atoms with Crippen LogP contribution in [0.3, 0.4) is 0 Å². The molecule has 0 aliphatic heterocycles. The van der Waals surface area contributed by atoms with Crippen molar-refractivity contribution in [3.05, 3.63) is 83.3 Å². The van der Waals surface area contributed by atoms with Crippen LogP contribution in [-0.4, -0.2) is 56.7 Å². The van der Waals surface area contributed by atoms with Crippen LogP contribution in [0.25, 0.3) is 11.3 Å². The largest absolute Gasteiger partial charge is 0.484 e. The molecule has 1 unspecified atom stereocenters. The van der Waals surface area contributed by atoms with Crippen molar-refractivity contribution >= 4 is 41.4 Å². The Morgan fingerprint density at radius 1 is 1.12 bits per heavy atom. The van der Waals surface area contributed by atoms with E-state index < -0.39 is 36.0 Å². The summed E-state index contributed by atoms with van der Waals surface area (Å²) in [5.74, 6) is -0.266. The highest BCUT2D eigenvalue weighted by Crippen LogP contribution is 2.37. The molecule has 2 N–H and O–H groups in total. The lowest BCUT2D eigenvalue weighted by molar-refractivity contribution is 0.0600. The molecule has 4 rings (SSSR count). The number of methoxy groups -OCH3 is 1. The highest BCUT2D eigenvalue weighted by Gasteiger charge is 2.23. The molecule has 0 fully saturated rings. The Morgan fingerprint density at radius 3 is 2.46 bits per heavy atom. The lowest BCUT2D eigenvalue weighted by atomic mass is 10.1. The molecule has 1 atom stereocenters. The van der Waals surface area contributed by atoms with E-state index in [9.17, 15) is 22.9 Å². The molecule has 0 aliphatic rings. The maximum Gasteiger partial charge on any atom is 0.339 e. The van der Waals surface area contributed by atoms with Crippen molar-refractivity contribution in [2.24, 2.45) is 0 Å². The van der Waals surface area contributed by atoms with Crippen LogP contribution in [0.15, 0.2) is 60.8 Å². The van der Waals surface area contributed by atoms with Gasteiger partial charge < -0.3 is 19.5 Å². The first-order valence-corrected chi connectivity index (χ1v) is 20.6. The van der Waals surface area contributed by atoms with Crippen LogP contribution >= 0.6 is 0 Å². The lowest BCUT2D eigenvalue weighted by Gasteiger charge is -2.19. The molecule has 0 aliphatic carbocycles. The van der Waals surface area contributed by atoms with Gasteiger partial charge in [-0.15, -0.1) is 0 Å².